The molecule has 6 rings (SSSR count). The molecule has 1 aliphatic carbocycles. The van der Waals surface area contributed by atoms with E-state index in [9.17, 15) is 19.8 Å². The molecule has 0 radical (unpaired) electrons. The lowest BCUT2D eigenvalue weighted by atomic mass is 9.63. The Balaban J connectivity index is 1.69. The maximum absolute atomic E-state index is 13.3. The Labute approximate surface area is 188 Å². The van der Waals surface area contributed by atoms with Crippen molar-refractivity contribution >= 4 is 0 Å². The Morgan fingerprint density at radius 1 is 1.15 bits per heavy atom. The predicted molar refractivity (Wildman–Crippen MR) is 116 cm³/mol. The number of rotatable bonds is 2. The molecule has 0 spiro atoms. The number of methoxy groups -OCH3 is 1. The van der Waals surface area contributed by atoms with E-state index in [0.717, 1.165) is 20.3 Å². The number of hydrogen-bond acceptors (Lipinski definition) is 8. The van der Waals surface area contributed by atoms with Crippen molar-refractivity contribution < 1.29 is 24.4 Å². The minimum Gasteiger partial charge on any atom is -0.494 e. The van der Waals surface area contributed by atoms with E-state index < -0.39 is 28.8 Å². The number of nitrogens with zero attached hydrogens (tertiary/aromatic N) is 3. The fourth-order valence-electron chi connectivity index (χ4n) is 6.16. The van der Waals surface area contributed by atoms with E-state index in [2.05, 4.69) is 0 Å². The molecule has 0 amide bonds. The number of fused-ring (bicyclic) bond motifs is 2. The molecule has 3 aliphatic heterocycles. The van der Waals surface area contributed by atoms with Crippen LogP contribution in [0.2, 0.25) is 0 Å². The van der Waals surface area contributed by atoms with Gasteiger partial charge in [0.1, 0.15) is 0 Å². The van der Waals surface area contributed by atoms with Crippen molar-refractivity contribution in [1.29, 1.82) is 0 Å². The third kappa shape index (κ3) is 2.43. The number of aliphatic hydroxyl groups is 1. The van der Waals surface area contributed by atoms with E-state index in [-0.39, 0.29) is 36.9 Å². The lowest BCUT2D eigenvalue weighted by Crippen LogP contribution is -2.54. The summed E-state index contributed by atoms with van der Waals surface area (Å²) < 4.78 is 18.9. The van der Waals surface area contributed by atoms with Gasteiger partial charge in [0.15, 0.2) is 11.5 Å². The predicted octanol–water partition coefficient (Wildman–Crippen LogP) is -0.121. The van der Waals surface area contributed by atoms with Gasteiger partial charge in [0, 0.05) is 33.8 Å². The number of ether oxygens (including phenoxy) is 3. The molecule has 6 unspecified atom stereocenters. The normalized spacial score (nSPS) is 33.2. The van der Waals surface area contributed by atoms with E-state index in [1.54, 1.807) is 7.11 Å². The molecule has 2 N–H and O–H groups in total. The van der Waals surface area contributed by atoms with Crippen molar-refractivity contribution in [3.05, 3.63) is 61.8 Å². The zero-order valence-corrected chi connectivity index (χ0v) is 18.5. The first-order valence-corrected chi connectivity index (χ1v) is 10.9. The third-order valence-electron chi connectivity index (χ3n) is 7.81. The minimum atomic E-state index is -0.751. The van der Waals surface area contributed by atoms with E-state index in [0.29, 0.717) is 17.9 Å². The second kappa shape index (κ2) is 6.72. The monoisotopic (exact) mass is 455 g/mol. The smallest absolute Gasteiger partial charge is 0.333 e. The number of hydrogen-bond donors (Lipinski definition) is 2. The van der Waals surface area contributed by atoms with Crippen molar-refractivity contribution in [3.63, 3.8) is 0 Å². The largest absolute Gasteiger partial charge is 0.494 e. The summed E-state index contributed by atoms with van der Waals surface area (Å²) in [5.74, 6) is 0.729. The van der Waals surface area contributed by atoms with Gasteiger partial charge in [-0.15, -0.1) is 0 Å². The lowest BCUT2D eigenvalue weighted by Gasteiger charge is -2.49. The summed E-state index contributed by atoms with van der Waals surface area (Å²) in [6, 6.07) is 2.82. The molecule has 10 nitrogen and oxygen atoms in total. The summed E-state index contributed by atoms with van der Waals surface area (Å²) in [7, 11) is 4.46. The highest BCUT2D eigenvalue weighted by atomic mass is 16.7. The van der Waals surface area contributed by atoms with Crippen LogP contribution in [0.3, 0.4) is 0 Å². The van der Waals surface area contributed by atoms with Crippen LogP contribution in [0, 0.1) is 0 Å². The molecule has 1 fully saturated rings. The lowest BCUT2D eigenvalue weighted by molar-refractivity contribution is 0.0586. The number of aromatic nitrogens is 2. The Bertz CT molecular complexity index is 1330. The summed E-state index contributed by atoms with van der Waals surface area (Å²) in [4.78, 5) is 27.8. The molecule has 1 saturated heterocycles. The maximum atomic E-state index is 13.3. The standard InChI is InChI=1S/C23H25N3O7/c1-24-20(28)18(21(29)25(2)22(24)30)19-12-7-14-15(33-10-32-14)8-13(12)23-5-4-11(31-3)6-16(23)26(19)9-17(23)27/h4-5,7-8,11,16-17,19,27-28H,6,9-10H2,1-3H3. The highest BCUT2D eigenvalue weighted by molar-refractivity contribution is 5.60. The van der Waals surface area contributed by atoms with Crippen LogP contribution in [0.4, 0.5) is 0 Å². The van der Waals surface area contributed by atoms with E-state index in [1.165, 1.54) is 14.1 Å². The van der Waals surface area contributed by atoms with Crippen molar-refractivity contribution in [2.24, 2.45) is 14.1 Å². The van der Waals surface area contributed by atoms with Crippen LogP contribution in [-0.4, -0.2) is 62.9 Å². The number of aromatic hydroxyl groups is 1. The molecule has 10 heteroatoms. The summed E-state index contributed by atoms with van der Waals surface area (Å²) in [5, 5.41) is 22.4. The molecule has 4 aliphatic rings. The van der Waals surface area contributed by atoms with Crippen LogP contribution < -0.4 is 20.7 Å². The van der Waals surface area contributed by atoms with Crippen molar-refractivity contribution in [2.75, 3.05) is 20.4 Å². The summed E-state index contributed by atoms with van der Waals surface area (Å²) in [5.41, 5.74) is -0.260. The maximum Gasteiger partial charge on any atom is 0.333 e. The van der Waals surface area contributed by atoms with Crippen molar-refractivity contribution in [1.82, 2.24) is 14.0 Å². The van der Waals surface area contributed by atoms with Crippen LogP contribution in [-0.2, 0) is 24.2 Å². The summed E-state index contributed by atoms with van der Waals surface area (Å²) in [6.45, 7) is 0.364. The minimum absolute atomic E-state index is 0.0834. The van der Waals surface area contributed by atoms with Crippen molar-refractivity contribution in [2.45, 2.75) is 36.1 Å². The molecular weight excluding hydrogens is 430 g/mol. The fourth-order valence-corrected chi connectivity index (χ4v) is 6.16. The van der Waals surface area contributed by atoms with Gasteiger partial charge in [-0.05, 0) is 29.7 Å². The number of benzene rings is 1. The molecule has 6 atom stereocenters. The molecular formula is C23H25N3O7. The number of aliphatic hydroxyl groups excluding tert-OH is 1. The van der Waals surface area contributed by atoms with Gasteiger partial charge in [-0.1, -0.05) is 12.2 Å². The van der Waals surface area contributed by atoms with Gasteiger partial charge in [-0.25, -0.2) is 4.79 Å². The van der Waals surface area contributed by atoms with Gasteiger partial charge in [0.2, 0.25) is 12.7 Å². The molecule has 0 saturated carbocycles. The Kier molecular flexibility index (Phi) is 4.18. The molecule has 174 valence electrons. The zero-order valence-electron chi connectivity index (χ0n) is 18.5. The van der Waals surface area contributed by atoms with E-state index in [4.69, 9.17) is 14.2 Å². The van der Waals surface area contributed by atoms with Crippen molar-refractivity contribution in [3.8, 4) is 17.4 Å². The zero-order chi connectivity index (χ0) is 23.2. The van der Waals surface area contributed by atoms with Gasteiger partial charge in [-0.2, -0.15) is 0 Å². The Morgan fingerprint density at radius 3 is 2.61 bits per heavy atom. The Morgan fingerprint density at radius 2 is 1.88 bits per heavy atom. The Hall–Kier alpha value is -3.08. The van der Waals surface area contributed by atoms with Gasteiger partial charge in [0.25, 0.3) is 5.56 Å². The average molecular weight is 455 g/mol. The quantitative estimate of drug-likeness (QED) is 0.603. The highest BCUT2D eigenvalue weighted by Gasteiger charge is 2.62. The topological polar surface area (TPSA) is 115 Å². The third-order valence-corrected chi connectivity index (χ3v) is 7.81. The van der Waals surface area contributed by atoms with Crippen LogP contribution in [0.15, 0.2) is 33.9 Å². The second-order valence-corrected chi connectivity index (χ2v) is 9.17. The molecule has 2 aromatic rings. The first kappa shape index (κ1) is 20.5. The summed E-state index contributed by atoms with van der Waals surface area (Å²) >= 11 is 0. The van der Waals surface area contributed by atoms with Gasteiger partial charge < -0.3 is 24.4 Å². The first-order chi connectivity index (χ1) is 15.8. The molecule has 4 heterocycles. The highest BCUT2D eigenvalue weighted by Crippen LogP contribution is 2.58. The first-order valence-electron chi connectivity index (χ1n) is 10.9. The van der Waals surface area contributed by atoms with Crippen LogP contribution >= 0.6 is 0 Å². The fraction of sp³-hybridized carbons (Fsp3) is 0.478. The van der Waals surface area contributed by atoms with Gasteiger partial charge in [0.05, 0.1) is 29.2 Å². The van der Waals surface area contributed by atoms with E-state index in [1.807, 2.05) is 29.2 Å². The molecule has 1 aromatic heterocycles. The van der Waals surface area contributed by atoms with E-state index >= 15 is 0 Å². The second-order valence-electron chi connectivity index (χ2n) is 9.17. The SMILES string of the molecule is COC1C=CC23c4cc5c(cc4C(c4c(O)n(C)c(=O)n(C)c4=O)N(CC2O)C3C1)OCO5. The summed E-state index contributed by atoms with van der Waals surface area (Å²) in [6.07, 6.45) is 3.68. The molecule has 33 heavy (non-hydrogen) atoms. The molecule has 2 bridgehead atoms. The van der Waals surface area contributed by atoms with Gasteiger partial charge in [-0.3, -0.25) is 18.8 Å². The van der Waals surface area contributed by atoms with Crippen LogP contribution in [0.25, 0.3) is 0 Å². The van der Waals surface area contributed by atoms with Crippen LogP contribution in [0.5, 0.6) is 17.4 Å². The van der Waals surface area contributed by atoms with Gasteiger partial charge >= 0.3 is 5.69 Å². The molecule has 1 aromatic carbocycles. The average Bonchev–Trinajstić information content (AvgIpc) is 3.37. The van der Waals surface area contributed by atoms with Crippen LogP contribution in [0.1, 0.15) is 29.2 Å².